The zero-order chi connectivity index (χ0) is 21.8. The van der Waals surface area contributed by atoms with Gasteiger partial charge in [0.25, 0.3) is 0 Å². The van der Waals surface area contributed by atoms with Gasteiger partial charge in [0.2, 0.25) is 0 Å². The van der Waals surface area contributed by atoms with Crippen LogP contribution in [0.4, 0.5) is 27.8 Å². The molecule has 1 aliphatic heterocycles. The third kappa shape index (κ3) is 4.56. The molecule has 1 atom stereocenters. The monoisotopic (exact) mass is 419 g/mol. The van der Waals surface area contributed by atoms with E-state index in [1.54, 1.807) is 0 Å². The largest absolute Gasteiger partial charge is 0.382 e. The molecule has 3 aromatic rings. The van der Waals surface area contributed by atoms with E-state index >= 15 is 0 Å². The Labute approximate surface area is 180 Å². The summed E-state index contributed by atoms with van der Waals surface area (Å²) in [6.45, 7) is 0.681. The number of carbonyl (C=O) groups is 1. The molecule has 2 amide bonds. The number of urea groups is 1. The quantitative estimate of drug-likeness (QED) is 0.599. The maximum absolute atomic E-state index is 13.1. The average Bonchev–Trinajstić information content (AvgIpc) is 2.77. The highest BCUT2D eigenvalue weighted by Crippen LogP contribution is 2.32. The summed E-state index contributed by atoms with van der Waals surface area (Å²) in [5, 5.41) is 16.8. The summed E-state index contributed by atoms with van der Waals surface area (Å²) >= 11 is 0. The molecular formula is C22H25N7O2. The Kier molecular flexibility index (Phi) is 5.94. The van der Waals surface area contributed by atoms with Gasteiger partial charge in [-0.05, 0) is 37.1 Å². The normalized spacial score (nSPS) is 15.8. The van der Waals surface area contributed by atoms with Crippen molar-refractivity contribution in [1.82, 2.24) is 15.0 Å². The van der Waals surface area contributed by atoms with Crippen molar-refractivity contribution in [3.63, 3.8) is 0 Å². The number of rotatable bonds is 3. The molecule has 4 rings (SSSR count). The predicted octanol–water partition coefficient (Wildman–Crippen LogP) is 3.17. The number of fused-ring (bicyclic) bond motifs is 1. The number of carbonyl (C=O) groups excluding carboxylic acids is 1. The summed E-state index contributed by atoms with van der Waals surface area (Å²) in [6.07, 6.45) is 4.57. The molecule has 2 aromatic heterocycles. The smallest absolute Gasteiger partial charge is 0.330 e. The molecule has 3 heterocycles. The van der Waals surface area contributed by atoms with Gasteiger partial charge in [-0.2, -0.15) is 0 Å². The van der Waals surface area contributed by atoms with Crippen molar-refractivity contribution in [3.8, 4) is 11.3 Å². The van der Waals surface area contributed by atoms with Crippen molar-refractivity contribution in [3.05, 3.63) is 55.0 Å². The second-order valence-corrected chi connectivity index (χ2v) is 7.45. The van der Waals surface area contributed by atoms with Crippen LogP contribution in [0.1, 0.15) is 12.8 Å². The molecule has 9 nitrogen and oxygen atoms in total. The SMILES string of the molecule is CN(C)c1cccc(-c2ccc3c(n2)N(C(=O)Nc2cnccn2)[C@H](O)CCCN3)c1. The van der Waals surface area contributed by atoms with Crippen molar-refractivity contribution in [1.29, 1.82) is 0 Å². The summed E-state index contributed by atoms with van der Waals surface area (Å²) in [5.41, 5.74) is 3.34. The number of pyridine rings is 1. The number of nitrogens with one attached hydrogen (secondary N) is 2. The second-order valence-electron chi connectivity index (χ2n) is 7.45. The fourth-order valence-electron chi connectivity index (χ4n) is 3.42. The molecule has 0 unspecified atom stereocenters. The van der Waals surface area contributed by atoms with Gasteiger partial charge in [-0.3, -0.25) is 10.3 Å². The Morgan fingerprint density at radius 1 is 1.26 bits per heavy atom. The van der Waals surface area contributed by atoms with Crippen LogP contribution >= 0.6 is 0 Å². The first-order chi connectivity index (χ1) is 15.0. The van der Waals surface area contributed by atoms with E-state index in [-0.39, 0.29) is 0 Å². The van der Waals surface area contributed by atoms with Crippen LogP contribution in [-0.2, 0) is 0 Å². The molecule has 0 fully saturated rings. The molecule has 0 radical (unpaired) electrons. The van der Waals surface area contributed by atoms with E-state index in [1.807, 2.05) is 55.4 Å². The van der Waals surface area contributed by atoms with Gasteiger partial charge in [0.05, 0.1) is 17.6 Å². The number of hydrogen-bond acceptors (Lipinski definition) is 7. The number of aliphatic hydroxyl groups is 1. The number of hydrogen-bond donors (Lipinski definition) is 3. The van der Waals surface area contributed by atoms with E-state index in [4.69, 9.17) is 4.98 Å². The molecule has 3 N–H and O–H groups in total. The number of nitrogens with zero attached hydrogens (tertiary/aromatic N) is 5. The van der Waals surface area contributed by atoms with Gasteiger partial charge >= 0.3 is 6.03 Å². The lowest BCUT2D eigenvalue weighted by atomic mass is 10.1. The lowest BCUT2D eigenvalue weighted by Crippen LogP contribution is -2.45. The Bertz CT molecular complexity index is 1060. The molecule has 1 aliphatic rings. The summed E-state index contributed by atoms with van der Waals surface area (Å²) in [4.78, 5) is 29.2. The van der Waals surface area contributed by atoms with Crippen LogP contribution < -0.4 is 20.4 Å². The third-order valence-corrected chi connectivity index (χ3v) is 5.03. The third-order valence-electron chi connectivity index (χ3n) is 5.03. The molecular weight excluding hydrogens is 394 g/mol. The van der Waals surface area contributed by atoms with Crippen LogP contribution in [0.15, 0.2) is 55.0 Å². The van der Waals surface area contributed by atoms with Crippen LogP contribution in [0.5, 0.6) is 0 Å². The number of amides is 2. The lowest BCUT2D eigenvalue weighted by molar-refractivity contribution is 0.159. The van der Waals surface area contributed by atoms with E-state index in [0.29, 0.717) is 42.4 Å². The molecule has 9 heteroatoms. The van der Waals surface area contributed by atoms with Crippen molar-refractivity contribution in [2.75, 3.05) is 41.1 Å². The molecule has 160 valence electrons. The highest BCUT2D eigenvalue weighted by atomic mass is 16.3. The first-order valence-electron chi connectivity index (χ1n) is 10.1. The van der Waals surface area contributed by atoms with Gasteiger partial charge in [-0.25, -0.2) is 19.7 Å². The summed E-state index contributed by atoms with van der Waals surface area (Å²) in [5.74, 6) is 0.660. The number of benzene rings is 1. The Morgan fingerprint density at radius 2 is 2.13 bits per heavy atom. The Morgan fingerprint density at radius 3 is 2.90 bits per heavy atom. The minimum Gasteiger partial charge on any atom is -0.382 e. The van der Waals surface area contributed by atoms with Gasteiger partial charge < -0.3 is 15.3 Å². The molecule has 0 bridgehead atoms. The highest BCUT2D eigenvalue weighted by Gasteiger charge is 2.29. The van der Waals surface area contributed by atoms with Gasteiger partial charge in [-0.1, -0.05) is 12.1 Å². The van der Waals surface area contributed by atoms with E-state index in [1.165, 1.54) is 23.5 Å². The first-order valence-corrected chi connectivity index (χ1v) is 10.1. The predicted molar refractivity (Wildman–Crippen MR) is 121 cm³/mol. The van der Waals surface area contributed by atoms with Crippen molar-refractivity contribution < 1.29 is 9.90 Å². The molecule has 0 spiro atoms. The van der Waals surface area contributed by atoms with E-state index in [9.17, 15) is 9.90 Å². The Balaban J connectivity index is 1.74. The van der Waals surface area contributed by atoms with E-state index < -0.39 is 12.3 Å². The second kappa shape index (κ2) is 8.97. The average molecular weight is 419 g/mol. The zero-order valence-corrected chi connectivity index (χ0v) is 17.5. The molecule has 0 saturated heterocycles. The van der Waals surface area contributed by atoms with E-state index in [2.05, 4.69) is 20.6 Å². The highest BCUT2D eigenvalue weighted by molar-refractivity contribution is 6.03. The minimum absolute atomic E-state index is 0.297. The summed E-state index contributed by atoms with van der Waals surface area (Å²) in [6, 6.07) is 11.3. The number of aliphatic hydroxyl groups excluding tert-OH is 1. The topological polar surface area (TPSA) is 107 Å². The van der Waals surface area contributed by atoms with Gasteiger partial charge in [0, 0.05) is 44.3 Å². The van der Waals surface area contributed by atoms with Crippen LogP contribution in [0.25, 0.3) is 11.3 Å². The van der Waals surface area contributed by atoms with Gasteiger partial charge in [-0.15, -0.1) is 0 Å². The minimum atomic E-state index is -1.02. The zero-order valence-electron chi connectivity index (χ0n) is 17.5. The summed E-state index contributed by atoms with van der Waals surface area (Å²) < 4.78 is 0. The molecule has 31 heavy (non-hydrogen) atoms. The van der Waals surface area contributed by atoms with Crippen LogP contribution in [0.3, 0.4) is 0 Å². The molecule has 1 aromatic carbocycles. The first kappa shape index (κ1) is 20.5. The summed E-state index contributed by atoms with van der Waals surface area (Å²) in [7, 11) is 3.96. The van der Waals surface area contributed by atoms with Gasteiger partial charge in [0.15, 0.2) is 11.6 Å². The van der Waals surface area contributed by atoms with Crippen molar-refractivity contribution in [2.24, 2.45) is 0 Å². The van der Waals surface area contributed by atoms with Crippen molar-refractivity contribution >= 4 is 29.0 Å². The van der Waals surface area contributed by atoms with Crippen molar-refractivity contribution in [2.45, 2.75) is 19.1 Å². The molecule has 0 saturated carbocycles. The fourth-order valence-corrected chi connectivity index (χ4v) is 3.42. The van der Waals surface area contributed by atoms with Crippen LogP contribution in [-0.4, -0.2) is 53.0 Å². The molecule has 0 aliphatic carbocycles. The fraction of sp³-hybridized carbons (Fsp3) is 0.273. The lowest BCUT2D eigenvalue weighted by Gasteiger charge is -2.31. The van der Waals surface area contributed by atoms with Crippen LogP contribution in [0, 0.1) is 0 Å². The number of anilines is 4. The van der Waals surface area contributed by atoms with E-state index in [0.717, 1.165) is 11.3 Å². The maximum Gasteiger partial charge on any atom is 0.330 e. The van der Waals surface area contributed by atoms with Gasteiger partial charge in [0.1, 0.15) is 6.23 Å². The van der Waals surface area contributed by atoms with Crippen LogP contribution in [0.2, 0.25) is 0 Å². The number of aromatic nitrogens is 3. The Hall–Kier alpha value is -3.72. The standard InChI is InChI=1S/C22H25N7O2/c1-28(2)16-6-3-5-15(13-16)17-8-9-18-21(26-17)29(20(30)7-4-10-24-18)22(31)27-19-14-23-11-12-25-19/h3,5-6,8-9,11-14,20,24,30H,4,7,10H2,1-2H3,(H,25,27,31)/t20-/m1/s1. The maximum atomic E-state index is 13.1.